The molecule has 0 aliphatic carbocycles. The lowest BCUT2D eigenvalue weighted by atomic mass is 10.1. The Morgan fingerprint density at radius 1 is 1.33 bits per heavy atom. The zero-order valence-corrected chi connectivity index (χ0v) is 11.9. The molecule has 0 amide bonds. The van der Waals surface area contributed by atoms with Crippen LogP contribution < -0.4 is 15.8 Å². The molecule has 0 radical (unpaired) electrons. The lowest BCUT2D eigenvalue weighted by Gasteiger charge is -2.14. The molecule has 0 bridgehead atoms. The van der Waals surface area contributed by atoms with E-state index < -0.39 is 5.82 Å². The SMILES string of the molecule is CCOc1cc(Nc2cccc(C)c2C#N)c(N)cc1F. The second-order valence-electron chi connectivity index (χ2n) is 4.54. The van der Waals surface area contributed by atoms with Crippen LogP contribution in [0.3, 0.4) is 0 Å². The van der Waals surface area contributed by atoms with Crippen molar-refractivity contribution in [3.8, 4) is 11.8 Å². The number of benzene rings is 2. The quantitative estimate of drug-likeness (QED) is 0.840. The number of anilines is 3. The Kier molecular flexibility index (Phi) is 4.29. The number of hydrogen-bond donors (Lipinski definition) is 2. The molecule has 0 aliphatic rings. The van der Waals surface area contributed by atoms with Crippen LogP contribution in [-0.2, 0) is 0 Å². The van der Waals surface area contributed by atoms with E-state index in [0.717, 1.165) is 5.56 Å². The van der Waals surface area contributed by atoms with Gasteiger partial charge in [0.15, 0.2) is 11.6 Å². The predicted molar refractivity (Wildman–Crippen MR) is 81.2 cm³/mol. The molecule has 3 N–H and O–H groups in total. The zero-order valence-electron chi connectivity index (χ0n) is 11.9. The number of nitrogens with one attached hydrogen (secondary N) is 1. The molecule has 108 valence electrons. The summed E-state index contributed by atoms with van der Waals surface area (Å²) in [5, 5.41) is 12.3. The smallest absolute Gasteiger partial charge is 0.167 e. The van der Waals surface area contributed by atoms with E-state index in [9.17, 15) is 9.65 Å². The van der Waals surface area contributed by atoms with Crippen molar-refractivity contribution in [2.45, 2.75) is 13.8 Å². The van der Waals surface area contributed by atoms with Gasteiger partial charge in [-0.15, -0.1) is 0 Å². The third kappa shape index (κ3) is 3.06. The number of rotatable bonds is 4. The molecule has 0 saturated heterocycles. The molecule has 0 saturated carbocycles. The normalized spacial score (nSPS) is 10.0. The van der Waals surface area contributed by atoms with E-state index in [1.807, 2.05) is 19.1 Å². The van der Waals surface area contributed by atoms with Crippen LogP contribution in [0.4, 0.5) is 21.5 Å². The fraction of sp³-hybridized carbons (Fsp3) is 0.188. The topological polar surface area (TPSA) is 71.1 Å². The first-order valence-electron chi connectivity index (χ1n) is 6.55. The Labute approximate surface area is 123 Å². The van der Waals surface area contributed by atoms with Crippen LogP contribution in [0.5, 0.6) is 5.75 Å². The fourth-order valence-electron chi connectivity index (χ4n) is 2.01. The van der Waals surface area contributed by atoms with Crippen molar-refractivity contribution in [3.05, 3.63) is 47.3 Å². The van der Waals surface area contributed by atoms with Gasteiger partial charge in [0.05, 0.1) is 29.2 Å². The highest BCUT2D eigenvalue weighted by Crippen LogP contribution is 2.32. The van der Waals surface area contributed by atoms with Crippen molar-refractivity contribution in [3.63, 3.8) is 0 Å². The van der Waals surface area contributed by atoms with Gasteiger partial charge in [-0.3, -0.25) is 0 Å². The maximum Gasteiger partial charge on any atom is 0.167 e. The Morgan fingerprint density at radius 3 is 2.76 bits per heavy atom. The Balaban J connectivity index is 2.43. The molecular formula is C16H16FN3O. The fourth-order valence-corrected chi connectivity index (χ4v) is 2.01. The first kappa shape index (κ1) is 14.7. The third-order valence-corrected chi connectivity index (χ3v) is 3.06. The van der Waals surface area contributed by atoms with Gasteiger partial charge in [-0.2, -0.15) is 5.26 Å². The van der Waals surface area contributed by atoms with E-state index in [0.29, 0.717) is 23.5 Å². The molecule has 0 fully saturated rings. The second-order valence-corrected chi connectivity index (χ2v) is 4.54. The maximum atomic E-state index is 13.7. The molecule has 0 spiro atoms. The van der Waals surface area contributed by atoms with Crippen LogP contribution in [0.15, 0.2) is 30.3 Å². The van der Waals surface area contributed by atoms with Crippen molar-refractivity contribution in [1.29, 1.82) is 5.26 Å². The lowest BCUT2D eigenvalue weighted by molar-refractivity contribution is 0.322. The van der Waals surface area contributed by atoms with E-state index in [2.05, 4.69) is 11.4 Å². The van der Waals surface area contributed by atoms with Gasteiger partial charge in [-0.05, 0) is 25.5 Å². The number of halogens is 1. The van der Waals surface area contributed by atoms with E-state index in [1.54, 1.807) is 13.0 Å². The summed E-state index contributed by atoms with van der Waals surface area (Å²) in [6.45, 7) is 3.98. The summed E-state index contributed by atoms with van der Waals surface area (Å²) in [6, 6.07) is 10.3. The molecule has 2 aromatic rings. The molecule has 2 rings (SSSR count). The maximum absolute atomic E-state index is 13.7. The van der Waals surface area contributed by atoms with E-state index in [-0.39, 0.29) is 11.4 Å². The molecule has 0 aromatic heterocycles. The van der Waals surface area contributed by atoms with Crippen molar-refractivity contribution >= 4 is 17.1 Å². The highest BCUT2D eigenvalue weighted by Gasteiger charge is 2.11. The van der Waals surface area contributed by atoms with Gasteiger partial charge in [-0.1, -0.05) is 12.1 Å². The molecule has 5 heteroatoms. The number of ether oxygens (including phenoxy) is 1. The van der Waals surface area contributed by atoms with E-state index in [1.165, 1.54) is 12.1 Å². The minimum absolute atomic E-state index is 0.125. The lowest BCUT2D eigenvalue weighted by Crippen LogP contribution is -2.02. The highest BCUT2D eigenvalue weighted by molar-refractivity contribution is 5.77. The molecule has 0 heterocycles. The summed E-state index contributed by atoms with van der Waals surface area (Å²) in [5.41, 5.74) is 8.58. The molecule has 4 nitrogen and oxygen atoms in total. The summed E-state index contributed by atoms with van der Waals surface area (Å²) >= 11 is 0. The number of hydrogen-bond acceptors (Lipinski definition) is 4. The summed E-state index contributed by atoms with van der Waals surface area (Å²) in [7, 11) is 0. The predicted octanol–water partition coefficient (Wildman–Crippen LogP) is 3.73. The van der Waals surface area contributed by atoms with Crippen LogP contribution in [0.1, 0.15) is 18.1 Å². The standard InChI is InChI=1S/C16H16FN3O/c1-3-21-16-8-15(13(19)7-12(16)17)20-14-6-4-5-10(2)11(14)9-18/h4-8,20H,3,19H2,1-2H3. The number of aryl methyl sites for hydroxylation is 1. The van der Waals surface area contributed by atoms with Crippen LogP contribution in [0.25, 0.3) is 0 Å². The van der Waals surface area contributed by atoms with Crippen molar-refractivity contribution in [2.75, 3.05) is 17.7 Å². The summed E-state index contributed by atoms with van der Waals surface area (Å²) < 4.78 is 18.9. The molecule has 21 heavy (non-hydrogen) atoms. The molecule has 0 unspecified atom stereocenters. The number of nitrogens with zero attached hydrogens (tertiary/aromatic N) is 1. The first-order valence-corrected chi connectivity index (χ1v) is 6.55. The van der Waals surface area contributed by atoms with Gasteiger partial charge >= 0.3 is 0 Å². The van der Waals surface area contributed by atoms with Crippen LogP contribution in [-0.4, -0.2) is 6.61 Å². The largest absolute Gasteiger partial charge is 0.491 e. The zero-order chi connectivity index (χ0) is 15.4. The average molecular weight is 285 g/mol. The molecular weight excluding hydrogens is 269 g/mol. The average Bonchev–Trinajstić information content (AvgIpc) is 2.44. The van der Waals surface area contributed by atoms with Crippen LogP contribution >= 0.6 is 0 Å². The van der Waals surface area contributed by atoms with Gasteiger partial charge in [0, 0.05) is 12.1 Å². The second kappa shape index (κ2) is 6.14. The van der Waals surface area contributed by atoms with Crippen LogP contribution in [0.2, 0.25) is 0 Å². The summed E-state index contributed by atoms with van der Waals surface area (Å²) in [4.78, 5) is 0. The van der Waals surface area contributed by atoms with Gasteiger partial charge in [0.1, 0.15) is 6.07 Å². The first-order chi connectivity index (χ1) is 10.1. The molecule has 2 aromatic carbocycles. The molecule has 0 atom stereocenters. The van der Waals surface area contributed by atoms with E-state index >= 15 is 0 Å². The van der Waals surface area contributed by atoms with Crippen LogP contribution in [0, 0.1) is 24.1 Å². The van der Waals surface area contributed by atoms with Gasteiger partial charge in [0.2, 0.25) is 0 Å². The highest BCUT2D eigenvalue weighted by atomic mass is 19.1. The Hall–Kier alpha value is -2.74. The minimum atomic E-state index is -0.510. The van der Waals surface area contributed by atoms with Gasteiger partial charge in [0.25, 0.3) is 0 Å². The Morgan fingerprint density at radius 2 is 2.10 bits per heavy atom. The summed E-state index contributed by atoms with van der Waals surface area (Å²) in [5.74, 6) is -0.384. The molecule has 0 aliphatic heterocycles. The van der Waals surface area contributed by atoms with E-state index in [4.69, 9.17) is 10.5 Å². The number of nitrogens with two attached hydrogens (primary N) is 1. The van der Waals surface area contributed by atoms with Crippen molar-refractivity contribution in [1.82, 2.24) is 0 Å². The summed E-state index contributed by atoms with van der Waals surface area (Å²) in [6.07, 6.45) is 0. The monoisotopic (exact) mass is 285 g/mol. The van der Waals surface area contributed by atoms with Gasteiger partial charge in [-0.25, -0.2) is 4.39 Å². The third-order valence-electron chi connectivity index (χ3n) is 3.06. The number of nitrogen functional groups attached to an aromatic ring is 1. The van der Waals surface area contributed by atoms with Crippen molar-refractivity contribution < 1.29 is 9.13 Å². The van der Waals surface area contributed by atoms with Gasteiger partial charge < -0.3 is 15.8 Å². The van der Waals surface area contributed by atoms with Crippen molar-refractivity contribution in [2.24, 2.45) is 0 Å². The number of nitriles is 1. The minimum Gasteiger partial charge on any atom is -0.491 e. The Bertz CT molecular complexity index is 707.